The molecule has 3 nitrogen and oxygen atoms in total. The van der Waals surface area contributed by atoms with E-state index >= 15 is 0 Å². The van der Waals surface area contributed by atoms with Gasteiger partial charge in [0.25, 0.3) is 0 Å². The van der Waals surface area contributed by atoms with Gasteiger partial charge in [0.1, 0.15) is 11.6 Å². The smallest absolute Gasteiger partial charge is 0.127 e. The molecule has 1 unspecified atom stereocenters. The molecule has 2 heterocycles. The summed E-state index contributed by atoms with van der Waals surface area (Å²) in [6.45, 7) is 8.48. The molecule has 1 aliphatic heterocycles. The number of hydrogen-bond acceptors (Lipinski definition) is 2. The minimum absolute atomic E-state index is 0.172. The molecule has 1 saturated heterocycles. The third-order valence-corrected chi connectivity index (χ3v) is 4.44. The van der Waals surface area contributed by atoms with E-state index in [-0.39, 0.29) is 17.3 Å². The van der Waals surface area contributed by atoms with Crippen molar-refractivity contribution < 1.29 is 4.39 Å². The summed E-state index contributed by atoms with van der Waals surface area (Å²) in [7, 11) is 0. The summed E-state index contributed by atoms with van der Waals surface area (Å²) in [6.07, 6.45) is 2.39. The van der Waals surface area contributed by atoms with E-state index in [1.54, 1.807) is 12.1 Å². The Morgan fingerprint density at radius 1 is 1.45 bits per heavy atom. The highest BCUT2D eigenvalue weighted by atomic mass is 19.1. The van der Waals surface area contributed by atoms with Crippen molar-refractivity contribution in [2.75, 3.05) is 6.54 Å². The predicted octanol–water partition coefficient (Wildman–Crippen LogP) is 3.65. The van der Waals surface area contributed by atoms with Gasteiger partial charge in [-0.15, -0.1) is 0 Å². The van der Waals surface area contributed by atoms with E-state index in [2.05, 4.69) is 30.7 Å². The number of rotatable bonds is 2. The van der Waals surface area contributed by atoms with E-state index in [4.69, 9.17) is 4.98 Å². The van der Waals surface area contributed by atoms with Crippen LogP contribution in [0.5, 0.6) is 0 Å². The van der Waals surface area contributed by atoms with Gasteiger partial charge in [-0.25, -0.2) is 9.37 Å². The summed E-state index contributed by atoms with van der Waals surface area (Å²) in [5.41, 5.74) is 1.95. The molecule has 1 aromatic heterocycles. The Morgan fingerprint density at radius 3 is 2.95 bits per heavy atom. The summed E-state index contributed by atoms with van der Waals surface area (Å²) in [5.74, 6) is 0.840. The Morgan fingerprint density at radius 2 is 2.25 bits per heavy atom. The van der Waals surface area contributed by atoms with Gasteiger partial charge in [-0.2, -0.15) is 0 Å². The van der Waals surface area contributed by atoms with E-state index < -0.39 is 0 Å². The van der Waals surface area contributed by atoms with Gasteiger partial charge in [-0.3, -0.25) is 0 Å². The molecule has 1 aliphatic rings. The SMILES string of the molecule is CCn1c(C2NCCCC2(C)C)nc2ccc(F)cc21. The van der Waals surface area contributed by atoms with Gasteiger partial charge in [0, 0.05) is 6.54 Å². The zero-order valence-corrected chi connectivity index (χ0v) is 12.4. The van der Waals surface area contributed by atoms with Gasteiger partial charge in [0.15, 0.2) is 0 Å². The average molecular weight is 275 g/mol. The van der Waals surface area contributed by atoms with Crippen LogP contribution in [0.1, 0.15) is 45.5 Å². The van der Waals surface area contributed by atoms with Crippen molar-refractivity contribution in [3.63, 3.8) is 0 Å². The topological polar surface area (TPSA) is 29.9 Å². The molecule has 0 bridgehead atoms. The second-order valence-electron chi connectivity index (χ2n) is 6.33. The average Bonchev–Trinajstić information content (AvgIpc) is 2.75. The number of imidazole rings is 1. The van der Waals surface area contributed by atoms with Crippen molar-refractivity contribution in [3.05, 3.63) is 29.8 Å². The number of benzene rings is 1. The molecule has 4 heteroatoms. The highest BCUT2D eigenvalue weighted by Gasteiger charge is 2.36. The number of fused-ring (bicyclic) bond motifs is 1. The normalized spacial score (nSPS) is 22.3. The quantitative estimate of drug-likeness (QED) is 0.906. The number of nitrogens with one attached hydrogen (secondary N) is 1. The second kappa shape index (κ2) is 4.85. The Kier molecular flexibility index (Phi) is 3.28. The lowest BCUT2D eigenvalue weighted by atomic mass is 9.77. The molecule has 1 atom stereocenters. The van der Waals surface area contributed by atoms with E-state index in [1.165, 1.54) is 18.9 Å². The molecule has 20 heavy (non-hydrogen) atoms. The van der Waals surface area contributed by atoms with E-state index in [1.807, 2.05) is 0 Å². The monoisotopic (exact) mass is 275 g/mol. The summed E-state index contributed by atoms with van der Waals surface area (Å²) >= 11 is 0. The lowest BCUT2D eigenvalue weighted by Gasteiger charge is -2.39. The first-order valence-electron chi connectivity index (χ1n) is 7.42. The second-order valence-corrected chi connectivity index (χ2v) is 6.33. The number of halogens is 1. The molecular formula is C16H22FN3. The third-order valence-electron chi connectivity index (χ3n) is 4.44. The van der Waals surface area contributed by atoms with Crippen LogP contribution in [0.4, 0.5) is 4.39 Å². The van der Waals surface area contributed by atoms with Gasteiger partial charge in [0.2, 0.25) is 0 Å². The number of aromatic nitrogens is 2. The van der Waals surface area contributed by atoms with Crippen molar-refractivity contribution in [1.29, 1.82) is 0 Å². The molecule has 0 saturated carbocycles. The minimum atomic E-state index is -0.200. The van der Waals surface area contributed by atoms with Crippen LogP contribution < -0.4 is 5.32 Å². The molecule has 1 N–H and O–H groups in total. The first-order valence-corrected chi connectivity index (χ1v) is 7.42. The van der Waals surface area contributed by atoms with E-state index in [0.717, 1.165) is 29.9 Å². The van der Waals surface area contributed by atoms with E-state index in [0.29, 0.717) is 0 Å². The maximum Gasteiger partial charge on any atom is 0.127 e. The van der Waals surface area contributed by atoms with Crippen LogP contribution in [0.2, 0.25) is 0 Å². The lowest BCUT2D eigenvalue weighted by molar-refractivity contribution is 0.171. The highest BCUT2D eigenvalue weighted by Crippen LogP contribution is 2.40. The minimum Gasteiger partial charge on any atom is -0.327 e. The van der Waals surface area contributed by atoms with Crippen molar-refractivity contribution in [1.82, 2.24) is 14.9 Å². The van der Waals surface area contributed by atoms with Crippen LogP contribution in [-0.2, 0) is 6.54 Å². The van der Waals surface area contributed by atoms with Crippen LogP contribution in [0.25, 0.3) is 11.0 Å². The molecule has 2 aromatic rings. The maximum atomic E-state index is 13.5. The van der Waals surface area contributed by atoms with Gasteiger partial charge in [-0.05, 0) is 49.9 Å². The van der Waals surface area contributed by atoms with Crippen molar-refractivity contribution in [3.8, 4) is 0 Å². The lowest BCUT2D eigenvalue weighted by Crippen LogP contribution is -2.41. The Balaban J connectivity index is 2.15. The van der Waals surface area contributed by atoms with Crippen molar-refractivity contribution in [2.45, 2.75) is 46.2 Å². The Labute approximate surface area is 119 Å². The Hall–Kier alpha value is -1.42. The summed E-state index contributed by atoms with van der Waals surface area (Å²) < 4.78 is 15.6. The summed E-state index contributed by atoms with van der Waals surface area (Å²) in [6, 6.07) is 5.08. The highest BCUT2D eigenvalue weighted by molar-refractivity contribution is 5.76. The van der Waals surface area contributed by atoms with Crippen LogP contribution in [0, 0.1) is 11.2 Å². The van der Waals surface area contributed by atoms with Gasteiger partial charge in [-0.1, -0.05) is 13.8 Å². The largest absolute Gasteiger partial charge is 0.327 e. The zero-order valence-electron chi connectivity index (χ0n) is 12.4. The van der Waals surface area contributed by atoms with Gasteiger partial charge >= 0.3 is 0 Å². The fourth-order valence-electron chi connectivity index (χ4n) is 3.32. The predicted molar refractivity (Wildman–Crippen MR) is 79.1 cm³/mol. The molecule has 1 aromatic carbocycles. The zero-order chi connectivity index (χ0) is 14.3. The van der Waals surface area contributed by atoms with Crippen LogP contribution >= 0.6 is 0 Å². The van der Waals surface area contributed by atoms with E-state index in [9.17, 15) is 4.39 Å². The first kappa shape index (κ1) is 13.6. The number of aryl methyl sites for hydroxylation is 1. The number of piperidine rings is 1. The molecule has 1 fully saturated rings. The van der Waals surface area contributed by atoms with Crippen LogP contribution in [0.15, 0.2) is 18.2 Å². The molecule has 3 rings (SSSR count). The molecule has 108 valence electrons. The molecular weight excluding hydrogens is 253 g/mol. The number of nitrogens with zero attached hydrogens (tertiary/aromatic N) is 2. The first-order chi connectivity index (χ1) is 9.53. The molecule has 0 aliphatic carbocycles. The van der Waals surface area contributed by atoms with Gasteiger partial charge < -0.3 is 9.88 Å². The summed E-state index contributed by atoms with van der Waals surface area (Å²) in [4.78, 5) is 4.78. The maximum absolute atomic E-state index is 13.5. The fourth-order valence-corrected chi connectivity index (χ4v) is 3.32. The van der Waals surface area contributed by atoms with Crippen molar-refractivity contribution in [2.24, 2.45) is 5.41 Å². The molecule has 0 amide bonds. The molecule has 0 radical (unpaired) electrons. The van der Waals surface area contributed by atoms with Crippen molar-refractivity contribution >= 4 is 11.0 Å². The van der Waals surface area contributed by atoms with Crippen LogP contribution in [0.3, 0.4) is 0 Å². The fraction of sp³-hybridized carbons (Fsp3) is 0.562. The standard InChI is InChI=1S/C16H22FN3/c1-4-20-13-10-11(17)6-7-12(13)19-15(20)14-16(2,3)8-5-9-18-14/h6-7,10,14,18H,4-5,8-9H2,1-3H3. The summed E-state index contributed by atoms with van der Waals surface area (Å²) in [5, 5.41) is 3.60. The number of hydrogen-bond donors (Lipinski definition) is 1. The van der Waals surface area contributed by atoms with Crippen LogP contribution in [-0.4, -0.2) is 16.1 Å². The Bertz CT molecular complexity index is 630. The van der Waals surface area contributed by atoms with Gasteiger partial charge in [0.05, 0.1) is 17.1 Å². The third kappa shape index (κ3) is 2.12. The molecule has 0 spiro atoms.